The average molecular weight is 382 g/mol. The minimum atomic E-state index is -0.131. The van der Waals surface area contributed by atoms with Gasteiger partial charge in [0.2, 0.25) is 5.91 Å². The fraction of sp³-hybridized carbons (Fsp3) is 0.381. The number of carbonyl (C=O) groups excluding carboxylic acids is 1. The summed E-state index contributed by atoms with van der Waals surface area (Å²) in [6.07, 6.45) is 4.74. The third kappa shape index (κ3) is 3.30. The molecule has 1 saturated heterocycles. The highest BCUT2D eigenvalue weighted by molar-refractivity contribution is 7.22. The minimum Gasteiger partial charge on any atom is -0.338 e. The molecule has 0 bridgehead atoms. The molecule has 1 atom stereocenters. The number of likely N-dealkylation sites (tertiary alicyclic amines) is 1. The number of amides is 1. The summed E-state index contributed by atoms with van der Waals surface area (Å²) >= 11 is 1.53. The van der Waals surface area contributed by atoms with Gasteiger partial charge >= 0.3 is 0 Å². The second-order valence-corrected chi connectivity index (χ2v) is 8.21. The maximum atomic E-state index is 13.1. The molecule has 5 nitrogen and oxygen atoms in total. The van der Waals surface area contributed by atoms with Gasteiger partial charge in [-0.05, 0) is 44.2 Å². The van der Waals surface area contributed by atoms with Crippen molar-refractivity contribution in [1.82, 2.24) is 14.5 Å². The van der Waals surface area contributed by atoms with E-state index in [0.717, 1.165) is 46.6 Å². The topological polar surface area (TPSA) is 55.2 Å². The molecule has 1 aliphatic heterocycles. The molecule has 140 valence electrons. The molecule has 0 radical (unpaired) electrons. The first-order chi connectivity index (χ1) is 13.1. The largest absolute Gasteiger partial charge is 0.338 e. The second-order valence-electron chi connectivity index (χ2n) is 7.21. The molecule has 3 aromatic rings. The number of nitrogens with zero attached hydrogens (tertiary/aromatic N) is 3. The summed E-state index contributed by atoms with van der Waals surface area (Å²) in [6.45, 7) is 4.88. The maximum absolute atomic E-state index is 13.1. The molecule has 1 fully saturated rings. The van der Waals surface area contributed by atoms with Crippen LogP contribution < -0.4 is 5.56 Å². The van der Waals surface area contributed by atoms with E-state index >= 15 is 0 Å². The summed E-state index contributed by atoms with van der Waals surface area (Å²) < 4.78 is 1.46. The van der Waals surface area contributed by atoms with E-state index in [1.807, 2.05) is 42.2 Å². The maximum Gasteiger partial charge on any atom is 0.262 e. The molecule has 0 saturated carbocycles. The number of aromatic nitrogens is 2. The molecule has 27 heavy (non-hydrogen) atoms. The van der Waals surface area contributed by atoms with Crippen molar-refractivity contribution in [3.8, 4) is 10.4 Å². The summed E-state index contributed by atoms with van der Waals surface area (Å²) in [5.74, 6) is 0.00150. The Labute approximate surface area is 162 Å². The zero-order valence-electron chi connectivity index (χ0n) is 15.6. The Kier molecular flexibility index (Phi) is 4.83. The number of rotatable bonds is 3. The van der Waals surface area contributed by atoms with E-state index in [1.165, 1.54) is 22.2 Å². The number of aryl methyl sites for hydroxylation is 1. The first-order valence-corrected chi connectivity index (χ1v) is 10.2. The molecule has 3 heterocycles. The van der Waals surface area contributed by atoms with Gasteiger partial charge in [0, 0.05) is 17.5 Å². The minimum absolute atomic E-state index is 0.00150. The molecule has 1 aromatic carbocycles. The molecular formula is C21H23N3O2S. The standard InChI is InChI=1S/C21H23N3O2S/c1-14-8-6-7-11-24(14)17(25)12-23-13-22-20-18(21(23)26)15(2)19(27-20)16-9-4-3-5-10-16/h3-5,9-10,13-14H,6-8,11-12H2,1-2H3. The Balaban J connectivity index is 1.69. The highest BCUT2D eigenvalue weighted by Gasteiger charge is 2.24. The first kappa shape index (κ1) is 17.9. The first-order valence-electron chi connectivity index (χ1n) is 9.39. The Morgan fingerprint density at radius 2 is 2.04 bits per heavy atom. The van der Waals surface area contributed by atoms with Crippen molar-refractivity contribution < 1.29 is 4.79 Å². The van der Waals surface area contributed by atoms with Crippen LogP contribution in [0.5, 0.6) is 0 Å². The van der Waals surface area contributed by atoms with E-state index in [0.29, 0.717) is 5.39 Å². The Bertz CT molecular complexity index is 1040. The number of piperidine rings is 1. The highest BCUT2D eigenvalue weighted by Crippen LogP contribution is 2.35. The number of hydrogen-bond donors (Lipinski definition) is 0. The van der Waals surface area contributed by atoms with Crippen LogP contribution in [-0.4, -0.2) is 32.9 Å². The van der Waals surface area contributed by atoms with Crippen molar-refractivity contribution >= 4 is 27.5 Å². The molecule has 2 aromatic heterocycles. The predicted octanol–water partition coefficient (Wildman–Crippen LogP) is 3.83. The summed E-state index contributed by atoms with van der Waals surface area (Å²) in [5, 5.41) is 0.626. The van der Waals surface area contributed by atoms with E-state index in [4.69, 9.17) is 0 Å². The van der Waals surface area contributed by atoms with Crippen molar-refractivity contribution in [1.29, 1.82) is 0 Å². The van der Waals surface area contributed by atoms with E-state index in [-0.39, 0.29) is 24.1 Å². The van der Waals surface area contributed by atoms with Gasteiger partial charge in [-0.1, -0.05) is 30.3 Å². The lowest BCUT2D eigenvalue weighted by Crippen LogP contribution is -2.44. The van der Waals surface area contributed by atoms with Crippen molar-refractivity contribution in [3.05, 3.63) is 52.6 Å². The van der Waals surface area contributed by atoms with Crippen LogP contribution in [0.4, 0.5) is 0 Å². The number of hydrogen-bond acceptors (Lipinski definition) is 4. The van der Waals surface area contributed by atoms with Crippen LogP contribution in [-0.2, 0) is 11.3 Å². The summed E-state index contributed by atoms with van der Waals surface area (Å²) in [7, 11) is 0. The van der Waals surface area contributed by atoms with Gasteiger partial charge in [-0.25, -0.2) is 4.98 Å². The molecule has 1 aliphatic rings. The predicted molar refractivity (Wildman–Crippen MR) is 109 cm³/mol. The molecule has 6 heteroatoms. The second kappa shape index (κ2) is 7.27. The Hall–Kier alpha value is -2.47. The zero-order valence-corrected chi connectivity index (χ0v) is 16.5. The lowest BCUT2D eigenvalue weighted by atomic mass is 10.0. The normalized spacial score (nSPS) is 17.4. The van der Waals surface area contributed by atoms with Gasteiger partial charge < -0.3 is 4.90 Å². The number of benzene rings is 1. The van der Waals surface area contributed by atoms with Gasteiger partial charge in [0.15, 0.2) is 0 Å². The van der Waals surface area contributed by atoms with Crippen molar-refractivity contribution in [3.63, 3.8) is 0 Å². The highest BCUT2D eigenvalue weighted by atomic mass is 32.1. The van der Waals surface area contributed by atoms with Gasteiger partial charge in [-0.2, -0.15) is 0 Å². The number of carbonyl (C=O) groups is 1. The Morgan fingerprint density at radius 1 is 1.26 bits per heavy atom. The number of fused-ring (bicyclic) bond motifs is 1. The van der Waals surface area contributed by atoms with Gasteiger partial charge in [0.05, 0.1) is 11.7 Å². The summed E-state index contributed by atoms with van der Waals surface area (Å²) in [5.41, 5.74) is 1.89. The molecule has 4 rings (SSSR count). The van der Waals surface area contributed by atoms with Crippen LogP contribution in [0.3, 0.4) is 0 Å². The summed E-state index contributed by atoms with van der Waals surface area (Å²) in [6, 6.07) is 10.3. The van der Waals surface area contributed by atoms with Gasteiger partial charge in [-0.15, -0.1) is 11.3 Å². The van der Waals surface area contributed by atoms with Gasteiger partial charge in [0.25, 0.3) is 5.56 Å². The molecule has 0 aliphatic carbocycles. The zero-order chi connectivity index (χ0) is 19.0. The summed E-state index contributed by atoms with van der Waals surface area (Å²) in [4.78, 5) is 33.9. The lowest BCUT2D eigenvalue weighted by molar-refractivity contribution is -0.135. The van der Waals surface area contributed by atoms with E-state index in [2.05, 4.69) is 11.9 Å². The van der Waals surface area contributed by atoms with Crippen LogP contribution >= 0.6 is 11.3 Å². The van der Waals surface area contributed by atoms with Crippen LogP contribution in [0.25, 0.3) is 20.7 Å². The molecule has 1 amide bonds. The van der Waals surface area contributed by atoms with E-state index in [1.54, 1.807) is 0 Å². The third-order valence-corrected chi connectivity index (χ3v) is 6.63. The lowest BCUT2D eigenvalue weighted by Gasteiger charge is -2.33. The van der Waals surface area contributed by atoms with Crippen molar-refractivity contribution in [2.24, 2.45) is 0 Å². The van der Waals surface area contributed by atoms with Crippen LogP contribution in [0.15, 0.2) is 41.5 Å². The number of thiophene rings is 1. The molecular weight excluding hydrogens is 358 g/mol. The molecule has 0 N–H and O–H groups in total. The molecule has 1 unspecified atom stereocenters. The quantitative estimate of drug-likeness (QED) is 0.693. The Morgan fingerprint density at radius 3 is 2.78 bits per heavy atom. The fourth-order valence-electron chi connectivity index (χ4n) is 3.84. The fourth-order valence-corrected chi connectivity index (χ4v) is 4.99. The smallest absolute Gasteiger partial charge is 0.262 e. The van der Waals surface area contributed by atoms with Gasteiger partial charge in [0.1, 0.15) is 11.4 Å². The van der Waals surface area contributed by atoms with Crippen molar-refractivity contribution in [2.45, 2.75) is 45.7 Å². The van der Waals surface area contributed by atoms with Crippen LogP contribution in [0, 0.1) is 6.92 Å². The van der Waals surface area contributed by atoms with Gasteiger partial charge in [-0.3, -0.25) is 14.2 Å². The van der Waals surface area contributed by atoms with E-state index in [9.17, 15) is 9.59 Å². The monoisotopic (exact) mass is 381 g/mol. The molecule has 0 spiro atoms. The third-order valence-electron chi connectivity index (χ3n) is 5.38. The van der Waals surface area contributed by atoms with E-state index < -0.39 is 0 Å². The SMILES string of the molecule is Cc1c(-c2ccccc2)sc2ncn(CC(=O)N3CCCCC3C)c(=O)c12. The van der Waals surface area contributed by atoms with Crippen LogP contribution in [0.2, 0.25) is 0 Å². The van der Waals surface area contributed by atoms with Crippen LogP contribution in [0.1, 0.15) is 31.7 Å². The average Bonchev–Trinajstić information content (AvgIpc) is 3.02. The van der Waals surface area contributed by atoms with Crippen molar-refractivity contribution in [2.75, 3.05) is 6.54 Å².